The highest BCUT2D eigenvalue weighted by atomic mass is 127. The second-order valence-corrected chi connectivity index (χ2v) is 5.46. The highest BCUT2D eigenvalue weighted by Crippen LogP contribution is 2.32. The van der Waals surface area contributed by atoms with Crippen LogP contribution in [0.5, 0.6) is 5.75 Å². The van der Waals surface area contributed by atoms with Gasteiger partial charge in [0, 0.05) is 10.1 Å². The molecule has 4 nitrogen and oxygen atoms in total. The first-order valence-electron chi connectivity index (χ1n) is 6.34. The maximum atomic E-state index is 13.3. The van der Waals surface area contributed by atoms with Crippen molar-refractivity contribution in [2.45, 2.75) is 19.5 Å². The van der Waals surface area contributed by atoms with Gasteiger partial charge in [-0.05, 0) is 54.3 Å². The average Bonchev–Trinajstić information content (AvgIpc) is 2.85. The molecule has 1 N–H and O–H groups in total. The quantitative estimate of drug-likeness (QED) is 0.800. The smallest absolute Gasteiger partial charge is 0.161 e. The van der Waals surface area contributed by atoms with Gasteiger partial charge in [0.2, 0.25) is 0 Å². The fourth-order valence-electron chi connectivity index (χ4n) is 2.25. The van der Waals surface area contributed by atoms with Crippen LogP contribution in [0.3, 0.4) is 0 Å². The van der Waals surface area contributed by atoms with Crippen molar-refractivity contribution in [3.63, 3.8) is 0 Å². The second kappa shape index (κ2) is 6.53. The molecule has 0 aliphatic heterocycles. The minimum atomic E-state index is -0.232. The summed E-state index contributed by atoms with van der Waals surface area (Å²) >= 11 is 2.15. The molecule has 0 aliphatic rings. The molecule has 0 fully saturated rings. The molecule has 2 aromatic rings. The third-order valence-corrected chi connectivity index (χ3v) is 4.13. The maximum absolute atomic E-state index is 13.3. The summed E-state index contributed by atoms with van der Waals surface area (Å²) in [5.41, 5.74) is 1.95. The first kappa shape index (κ1) is 15.2. The summed E-state index contributed by atoms with van der Waals surface area (Å²) < 4.78 is 21.4. The molecule has 0 aliphatic carbocycles. The number of nitrogens with zero attached hydrogens (tertiary/aromatic N) is 2. The Hall–Kier alpha value is -1.15. The summed E-state index contributed by atoms with van der Waals surface area (Å²) in [7, 11) is 3.50. The van der Waals surface area contributed by atoms with Gasteiger partial charge in [-0.2, -0.15) is 5.10 Å². The Morgan fingerprint density at radius 1 is 1.50 bits per heavy atom. The van der Waals surface area contributed by atoms with Crippen LogP contribution in [-0.2, 0) is 6.54 Å². The van der Waals surface area contributed by atoms with E-state index in [2.05, 4.69) is 33.0 Å². The lowest BCUT2D eigenvalue weighted by atomic mass is 10.0. The van der Waals surface area contributed by atoms with Crippen LogP contribution in [0, 0.1) is 9.39 Å². The molecule has 0 saturated carbocycles. The number of nitrogens with one attached hydrogen (secondary N) is 1. The van der Waals surface area contributed by atoms with Gasteiger partial charge in [0.25, 0.3) is 0 Å². The van der Waals surface area contributed by atoms with E-state index in [0.717, 1.165) is 27.1 Å². The van der Waals surface area contributed by atoms with E-state index in [4.69, 9.17) is 4.74 Å². The van der Waals surface area contributed by atoms with E-state index in [-0.39, 0.29) is 11.9 Å². The molecule has 2 rings (SSSR count). The molecule has 0 amide bonds. The minimum absolute atomic E-state index is 0.0973. The maximum Gasteiger partial charge on any atom is 0.161 e. The van der Waals surface area contributed by atoms with E-state index in [9.17, 15) is 4.39 Å². The predicted molar refractivity (Wildman–Crippen MR) is 84.5 cm³/mol. The summed E-state index contributed by atoms with van der Waals surface area (Å²) in [6, 6.07) is 4.70. The molecule has 1 heterocycles. The number of aryl methyl sites for hydroxylation is 1. The fourth-order valence-corrected chi connectivity index (χ4v) is 3.04. The van der Waals surface area contributed by atoms with Gasteiger partial charge in [0.15, 0.2) is 5.75 Å². The number of halogens is 2. The number of ether oxygens (including phenoxy) is 1. The Labute approximate surface area is 131 Å². The first-order valence-corrected chi connectivity index (χ1v) is 7.42. The highest BCUT2D eigenvalue weighted by Gasteiger charge is 2.23. The Kier molecular flexibility index (Phi) is 4.98. The standard InChI is InChI=1S/C14H17FIN3O/c1-4-19-14(12(20-3)8-18-19)13(17-2)10-6-5-9(15)7-11(10)16/h5-8,13,17H,4H2,1-3H3. The Bertz CT molecular complexity index is 579. The monoisotopic (exact) mass is 389 g/mol. The van der Waals surface area contributed by atoms with Crippen LogP contribution < -0.4 is 10.1 Å². The summed E-state index contributed by atoms with van der Waals surface area (Å²) in [6.07, 6.45) is 1.71. The number of hydrogen-bond acceptors (Lipinski definition) is 3. The van der Waals surface area contributed by atoms with Crippen molar-refractivity contribution in [3.05, 3.63) is 45.0 Å². The molecular formula is C14H17FIN3O. The van der Waals surface area contributed by atoms with Gasteiger partial charge in [-0.1, -0.05) is 6.07 Å². The van der Waals surface area contributed by atoms with Crippen molar-refractivity contribution in [1.29, 1.82) is 0 Å². The number of methoxy groups -OCH3 is 1. The number of rotatable bonds is 5. The number of benzene rings is 1. The van der Waals surface area contributed by atoms with Crippen LogP contribution in [0.15, 0.2) is 24.4 Å². The zero-order valence-corrected chi connectivity index (χ0v) is 13.8. The van der Waals surface area contributed by atoms with Crippen LogP contribution >= 0.6 is 22.6 Å². The molecule has 0 saturated heterocycles. The predicted octanol–water partition coefficient (Wildman–Crippen LogP) is 2.96. The number of aromatic nitrogens is 2. The van der Waals surface area contributed by atoms with Crippen LogP contribution in [-0.4, -0.2) is 23.9 Å². The van der Waals surface area contributed by atoms with Gasteiger partial charge < -0.3 is 10.1 Å². The van der Waals surface area contributed by atoms with E-state index in [1.165, 1.54) is 12.1 Å². The molecule has 1 aromatic carbocycles. The van der Waals surface area contributed by atoms with Crippen molar-refractivity contribution >= 4 is 22.6 Å². The second-order valence-electron chi connectivity index (χ2n) is 4.30. The first-order chi connectivity index (χ1) is 9.62. The number of hydrogen-bond donors (Lipinski definition) is 1. The van der Waals surface area contributed by atoms with E-state index in [1.807, 2.05) is 18.7 Å². The normalized spacial score (nSPS) is 12.4. The molecule has 1 unspecified atom stereocenters. The zero-order chi connectivity index (χ0) is 14.7. The summed E-state index contributed by atoms with van der Waals surface area (Å²) in [5, 5.41) is 7.58. The van der Waals surface area contributed by atoms with E-state index < -0.39 is 0 Å². The zero-order valence-electron chi connectivity index (χ0n) is 11.7. The summed E-state index contributed by atoms with van der Waals surface area (Å²) in [5.74, 6) is 0.496. The lowest BCUT2D eigenvalue weighted by Gasteiger charge is -2.20. The van der Waals surface area contributed by atoms with Crippen molar-refractivity contribution in [2.24, 2.45) is 0 Å². The van der Waals surface area contributed by atoms with Gasteiger partial charge in [-0.15, -0.1) is 0 Å². The van der Waals surface area contributed by atoms with Gasteiger partial charge >= 0.3 is 0 Å². The minimum Gasteiger partial charge on any atom is -0.493 e. The third kappa shape index (κ3) is 2.80. The topological polar surface area (TPSA) is 39.1 Å². The molecular weight excluding hydrogens is 372 g/mol. The van der Waals surface area contributed by atoms with Crippen LogP contribution in [0.2, 0.25) is 0 Å². The van der Waals surface area contributed by atoms with E-state index >= 15 is 0 Å². The van der Waals surface area contributed by atoms with Crippen LogP contribution in [0.4, 0.5) is 4.39 Å². The molecule has 108 valence electrons. The average molecular weight is 389 g/mol. The molecule has 0 spiro atoms. The largest absolute Gasteiger partial charge is 0.493 e. The van der Waals surface area contributed by atoms with Crippen molar-refractivity contribution in [3.8, 4) is 5.75 Å². The van der Waals surface area contributed by atoms with E-state index in [0.29, 0.717) is 0 Å². The van der Waals surface area contributed by atoms with Crippen LogP contribution in [0.1, 0.15) is 24.2 Å². The molecule has 0 bridgehead atoms. The molecule has 6 heteroatoms. The summed E-state index contributed by atoms with van der Waals surface area (Å²) in [4.78, 5) is 0. The van der Waals surface area contributed by atoms with Crippen molar-refractivity contribution in [1.82, 2.24) is 15.1 Å². The van der Waals surface area contributed by atoms with E-state index in [1.54, 1.807) is 19.4 Å². The molecule has 1 aromatic heterocycles. The molecule has 0 radical (unpaired) electrons. The third-order valence-electron chi connectivity index (χ3n) is 3.20. The lowest BCUT2D eigenvalue weighted by Crippen LogP contribution is -2.23. The van der Waals surface area contributed by atoms with Crippen LogP contribution in [0.25, 0.3) is 0 Å². The fraction of sp³-hybridized carbons (Fsp3) is 0.357. The Balaban J connectivity index is 2.54. The summed E-state index contributed by atoms with van der Waals surface area (Å²) in [6.45, 7) is 2.77. The van der Waals surface area contributed by atoms with Gasteiger partial charge in [0.05, 0.1) is 19.3 Å². The van der Waals surface area contributed by atoms with Crippen molar-refractivity contribution < 1.29 is 9.13 Å². The lowest BCUT2D eigenvalue weighted by molar-refractivity contribution is 0.401. The Morgan fingerprint density at radius 2 is 2.25 bits per heavy atom. The van der Waals surface area contributed by atoms with Gasteiger partial charge in [-0.25, -0.2) is 4.39 Å². The van der Waals surface area contributed by atoms with Gasteiger partial charge in [-0.3, -0.25) is 4.68 Å². The Morgan fingerprint density at radius 3 is 2.80 bits per heavy atom. The molecule has 20 heavy (non-hydrogen) atoms. The SMILES string of the molecule is CCn1ncc(OC)c1C(NC)c1ccc(F)cc1I. The van der Waals surface area contributed by atoms with Gasteiger partial charge in [0.1, 0.15) is 11.5 Å². The highest BCUT2D eigenvalue weighted by molar-refractivity contribution is 14.1. The van der Waals surface area contributed by atoms with Crippen molar-refractivity contribution in [2.75, 3.05) is 14.2 Å². The molecule has 1 atom stereocenters.